The number of nitrogens with zero attached hydrogens (tertiary/aromatic N) is 1. The second kappa shape index (κ2) is 7.32. The second-order valence-corrected chi connectivity index (χ2v) is 7.02. The van der Waals surface area contributed by atoms with Gasteiger partial charge in [0.15, 0.2) is 0 Å². The zero-order valence-electron chi connectivity index (χ0n) is 13.7. The molecule has 0 saturated carbocycles. The quantitative estimate of drug-likeness (QED) is 0.523. The van der Waals surface area contributed by atoms with Gasteiger partial charge in [-0.05, 0) is 42.8 Å². The maximum absolute atomic E-state index is 12.6. The van der Waals surface area contributed by atoms with Gasteiger partial charge in [0.2, 0.25) is 5.90 Å². The Morgan fingerprint density at radius 2 is 1.36 bits per heavy atom. The van der Waals surface area contributed by atoms with Gasteiger partial charge in [-0.1, -0.05) is 54.6 Å². The maximum Gasteiger partial charge on any atom is 0.285 e. The van der Waals surface area contributed by atoms with E-state index < -0.39 is 10.0 Å². The Hall–Kier alpha value is -2.92. The van der Waals surface area contributed by atoms with E-state index in [1.54, 1.807) is 48.5 Å². The summed E-state index contributed by atoms with van der Waals surface area (Å²) in [7, 11) is -3.88. The van der Waals surface area contributed by atoms with E-state index in [1.807, 2.05) is 31.2 Å². The summed E-state index contributed by atoms with van der Waals surface area (Å²) < 4.78 is 35.1. The van der Waals surface area contributed by atoms with Crippen LogP contribution in [0.3, 0.4) is 0 Å². The van der Waals surface area contributed by atoms with E-state index in [2.05, 4.69) is 4.40 Å². The van der Waals surface area contributed by atoms with Crippen LogP contribution in [0.4, 0.5) is 0 Å². The zero-order chi connectivity index (χ0) is 17.7. The van der Waals surface area contributed by atoms with E-state index in [4.69, 9.17) is 4.74 Å². The number of benzene rings is 3. The van der Waals surface area contributed by atoms with E-state index in [0.29, 0.717) is 11.3 Å². The van der Waals surface area contributed by atoms with Gasteiger partial charge >= 0.3 is 0 Å². The molecule has 3 rings (SSSR count). The van der Waals surface area contributed by atoms with Gasteiger partial charge in [-0.15, -0.1) is 4.40 Å². The zero-order valence-corrected chi connectivity index (χ0v) is 14.5. The van der Waals surface area contributed by atoms with Crippen LogP contribution in [0.15, 0.2) is 94.2 Å². The molecule has 0 bridgehead atoms. The number of ether oxygens (including phenoxy) is 1. The summed E-state index contributed by atoms with van der Waals surface area (Å²) in [6, 6.07) is 24.5. The van der Waals surface area contributed by atoms with Crippen molar-refractivity contribution < 1.29 is 13.2 Å². The summed E-state index contributed by atoms with van der Waals surface area (Å²) in [5.74, 6) is 0.604. The van der Waals surface area contributed by atoms with E-state index in [0.717, 1.165) is 5.56 Å². The highest BCUT2D eigenvalue weighted by Crippen LogP contribution is 2.20. The number of aryl methyl sites for hydroxylation is 1. The summed E-state index contributed by atoms with van der Waals surface area (Å²) in [5.41, 5.74) is 1.48. The fourth-order valence-electron chi connectivity index (χ4n) is 2.24. The van der Waals surface area contributed by atoms with Gasteiger partial charge in [0.1, 0.15) is 5.75 Å². The Bertz CT molecular complexity index is 982. The van der Waals surface area contributed by atoms with Crippen molar-refractivity contribution in [3.8, 4) is 5.75 Å². The first-order valence-electron chi connectivity index (χ1n) is 7.75. The summed E-state index contributed by atoms with van der Waals surface area (Å²) in [4.78, 5) is 0.122. The Morgan fingerprint density at radius 3 is 2.00 bits per heavy atom. The molecule has 0 radical (unpaired) electrons. The summed E-state index contributed by atoms with van der Waals surface area (Å²) in [6.45, 7) is 1.89. The van der Waals surface area contributed by atoms with Crippen molar-refractivity contribution >= 4 is 15.9 Å². The highest BCUT2D eigenvalue weighted by molar-refractivity contribution is 7.90. The minimum Gasteiger partial charge on any atom is -0.437 e. The SMILES string of the molecule is Cc1ccccc1O/C(=N/S(=O)(=O)c1ccccc1)c1ccccc1. The van der Waals surface area contributed by atoms with Crippen molar-refractivity contribution in [2.45, 2.75) is 11.8 Å². The standard InChI is InChI=1S/C20H17NO3S/c1-16-10-8-9-15-19(16)24-20(17-11-4-2-5-12-17)21-25(22,23)18-13-6-3-7-14-18/h2-15H,1H3/b21-20+. The minimum atomic E-state index is -3.88. The molecular weight excluding hydrogens is 334 g/mol. The van der Waals surface area contributed by atoms with E-state index >= 15 is 0 Å². The van der Waals surface area contributed by atoms with E-state index in [1.165, 1.54) is 12.1 Å². The lowest BCUT2D eigenvalue weighted by Crippen LogP contribution is -2.14. The average Bonchev–Trinajstić information content (AvgIpc) is 2.64. The van der Waals surface area contributed by atoms with Crippen molar-refractivity contribution in [2.24, 2.45) is 4.40 Å². The van der Waals surface area contributed by atoms with Crippen LogP contribution in [0, 0.1) is 6.92 Å². The maximum atomic E-state index is 12.6. The van der Waals surface area contributed by atoms with Crippen molar-refractivity contribution in [3.05, 3.63) is 96.1 Å². The molecule has 0 spiro atoms. The fraction of sp³-hybridized carbons (Fsp3) is 0.0500. The minimum absolute atomic E-state index is 0.0405. The molecule has 0 aliphatic rings. The number of rotatable bonds is 4. The van der Waals surface area contributed by atoms with Crippen LogP contribution >= 0.6 is 0 Å². The molecule has 0 saturated heterocycles. The van der Waals surface area contributed by atoms with Crippen LogP contribution in [0.25, 0.3) is 0 Å². The fourth-order valence-corrected chi connectivity index (χ4v) is 3.21. The summed E-state index contributed by atoms with van der Waals surface area (Å²) in [5, 5.41) is 0. The lowest BCUT2D eigenvalue weighted by atomic mass is 10.2. The predicted molar refractivity (Wildman–Crippen MR) is 98.4 cm³/mol. The van der Waals surface area contributed by atoms with Crippen molar-refractivity contribution in [1.29, 1.82) is 0 Å². The average molecular weight is 351 g/mol. The molecule has 0 fully saturated rings. The van der Waals surface area contributed by atoms with Crippen LogP contribution in [-0.2, 0) is 10.0 Å². The largest absolute Gasteiger partial charge is 0.437 e. The first kappa shape index (κ1) is 16.9. The highest BCUT2D eigenvalue weighted by Gasteiger charge is 2.17. The van der Waals surface area contributed by atoms with Crippen LogP contribution in [-0.4, -0.2) is 14.3 Å². The first-order valence-corrected chi connectivity index (χ1v) is 9.19. The molecule has 3 aromatic carbocycles. The van der Waals surface area contributed by atoms with Crippen LogP contribution in [0.2, 0.25) is 0 Å². The smallest absolute Gasteiger partial charge is 0.285 e. The first-order chi connectivity index (χ1) is 12.1. The van der Waals surface area contributed by atoms with E-state index in [9.17, 15) is 8.42 Å². The van der Waals surface area contributed by atoms with Crippen LogP contribution in [0.5, 0.6) is 5.75 Å². The topological polar surface area (TPSA) is 55.7 Å². The normalized spacial score (nSPS) is 12.0. The molecule has 0 aliphatic carbocycles. The third kappa shape index (κ3) is 4.14. The third-order valence-corrected chi connectivity index (χ3v) is 4.84. The Labute approximate surface area is 147 Å². The summed E-state index contributed by atoms with van der Waals surface area (Å²) >= 11 is 0. The molecule has 0 unspecified atom stereocenters. The lowest BCUT2D eigenvalue weighted by molar-refractivity contribution is 0.546. The van der Waals surface area contributed by atoms with Gasteiger partial charge in [-0.25, -0.2) is 0 Å². The second-order valence-electron chi connectivity index (χ2n) is 5.42. The van der Waals surface area contributed by atoms with Crippen molar-refractivity contribution in [2.75, 3.05) is 0 Å². The van der Waals surface area contributed by atoms with Gasteiger partial charge in [0, 0.05) is 5.56 Å². The lowest BCUT2D eigenvalue weighted by Gasteiger charge is -2.11. The van der Waals surface area contributed by atoms with Gasteiger partial charge in [0.05, 0.1) is 4.90 Å². The molecule has 0 heterocycles. The van der Waals surface area contributed by atoms with Crippen molar-refractivity contribution in [1.82, 2.24) is 0 Å². The van der Waals surface area contributed by atoms with Crippen LogP contribution in [0.1, 0.15) is 11.1 Å². The molecule has 0 N–H and O–H groups in total. The highest BCUT2D eigenvalue weighted by atomic mass is 32.2. The van der Waals surface area contributed by atoms with E-state index in [-0.39, 0.29) is 10.8 Å². The molecule has 126 valence electrons. The van der Waals surface area contributed by atoms with Crippen LogP contribution < -0.4 is 4.74 Å². The molecule has 0 aromatic heterocycles. The number of hydrogen-bond acceptors (Lipinski definition) is 3. The molecule has 5 heteroatoms. The molecule has 0 aliphatic heterocycles. The summed E-state index contributed by atoms with van der Waals surface area (Å²) in [6.07, 6.45) is 0. The monoisotopic (exact) mass is 351 g/mol. The van der Waals surface area contributed by atoms with Crippen molar-refractivity contribution in [3.63, 3.8) is 0 Å². The Morgan fingerprint density at radius 1 is 0.800 bits per heavy atom. The molecular formula is C20H17NO3S. The Kier molecular flexibility index (Phi) is 4.95. The molecule has 25 heavy (non-hydrogen) atoms. The number of para-hydroxylation sites is 1. The molecule has 0 amide bonds. The van der Waals surface area contributed by atoms with Gasteiger partial charge in [-0.2, -0.15) is 8.42 Å². The number of sulfonamides is 1. The van der Waals surface area contributed by atoms with Gasteiger partial charge in [-0.3, -0.25) is 0 Å². The third-order valence-electron chi connectivity index (χ3n) is 3.57. The molecule has 3 aromatic rings. The predicted octanol–water partition coefficient (Wildman–Crippen LogP) is 4.21. The Balaban J connectivity index is 2.07. The molecule has 4 nitrogen and oxygen atoms in total. The number of hydrogen-bond donors (Lipinski definition) is 0. The van der Waals surface area contributed by atoms with Gasteiger partial charge < -0.3 is 4.74 Å². The van der Waals surface area contributed by atoms with Gasteiger partial charge in [0.25, 0.3) is 10.0 Å². The molecule has 0 atom stereocenters.